The lowest BCUT2D eigenvalue weighted by Crippen LogP contribution is -2.71. The smallest absolute Gasteiger partial charge is 0.130 e. The maximum atomic E-state index is 4.59. The van der Waals surface area contributed by atoms with Gasteiger partial charge in [0, 0.05) is 36.8 Å². The molecule has 3 atom stereocenters. The summed E-state index contributed by atoms with van der Waals surface area (Å²) < 4.78 is 0. The number of pyridine rings is 1. The maximum Gasteiger partial charge on any atom is 0.130 e. The van der Waals surface area contributed by atoms with E-state index < -0.39 is 0 Å². The minimum Gasteiger partial charge on any atom is -0.363 e. The first kappa shape index (κ1) is 13.6. The molecule has 0 bridgehead atoms. The van der Waals surface area contributed by atoms with Gasteiger partial charge in [-0.15, -0.1) is 0 Å². The molecule has 1 saturated heterocycles. The molecule has 3 heterocycles. The number of fused-ring (bicyclic) bond motifs is 2. The average Bonchev–Trinajstić information content (AvgIpc) is 2.74. The number of aromatic nitrogens is 1. The Morgan fingerprint density at radius 2 is 2.09 bits per heavy atom. The van der Waals surface area contributed by atoms with E-state index in [0.717, 1.165) is 18.3 Å². The topological polar surface area (TPSA) is 28.2 Å². The summed E-state index contributed by atoms with van der Waals surface area (Å²) in [5.74, 6) is 1.87. The van der Waals surface area contributed by atoms with Crippen molar-refractivity contribution < 1.29 is 0 Å². The zero-order valence-electron chi connectivity index (χ0n) is 13.6. The van der Waals surface area contributed by atoms with Crippen molar-refractivity contribution in [3.8, 4) is 0 Å². The molecule has 0 radical (unpaired) electrons. The molecular weight excluding hydrogens is 282 g/mol. The van der Waals surface area contributed by atoms with Crippen molar-refractivity contribution in [3.63, 3.8) is 0 Å². The van der Waals surface area contributed by atoms with Gasteiger partial charge in [-0.2, -0.15) is 0 Å². The van der Waals surface area contributed by atoms with Gasteiger partial charge in [0.05, 0.1) is 5.54 Å². The van der Waals surface area contributed by atoms with Crippen LogP contribution in [-0.4, -0.2) is 28.5 Å². The summed E-state index contributed by atoms with van der Waals surface area (Å²) in [6.07, 6.45) is 4.41. The van der Waals surface area contributed by atoms with E-state index in [0.29, 0.717) is 0 Å². The maximum absolute atomic E-state index is 4.59. The van der Waals surface area contributed by atoms with Crippen LogP contribution in [0.2, 0.25) is 0 Å². The van der Waals surface area contributed by atoms with Gasteiger partial charge < -0.3 is 5.32 Å². The number of benzene rings is 1. The number of hydrogen-bond acceptors (Lipinski definition) is 3. The van der Waals surface area contributed by atoms with Crippen LogP contribution < -0.4 is 5.32 Å². The van der Waals surface area contributed by atoms with Gasteiger partial charge in [0.25, 0.3) is 0 Å². The fourth-order valence-electron chi connectivity index (χ4n) is 5.41. The van der Waals surface area contributed by atoms with E-state index in [1.54, 1.807) is 0 Å². The third-order valence-corrected chi connectivity index (χ3v) is 6.63. The molecule has 3 nitrogen and oxygen atoms in total. The van der Waals surface area contributed by atoms with Gasteiger partial charge in [0.15, 0.2) is 0 Å². The van der Waals surface area contributed by atoms with Crippen molar-refractivity contribution in [2.45, 2.75) is 37.3 Å². The number of anilines is 1. The van der Waals surface area contributed by atoms with E-state index in [4.69, 9.17) is 0 Å². The zero-order valence-corrected chi connectivity index (χ0v) is 13.6. The van der Waals surface area contributed by atoms with E-state index in [1.165, 1.54) is 37.1 Å². The standard InChI is InChI=1S/C20H23N3/c1-19-12-16-14-23(13-15-6-3-2-4-7-15)11-9-20(16,19)22-18-17(19)8-5-10-21-18/h2-8,10,16H,9,11-14H2,1H3,(H,21,22)/t16-,19-,20-/m0/s1. The lowest BCUT2D eigenvalue weighted by atomic mass is 9.46. The van der Waals surface area contributed by atoms with E-state index in [9.17, 15) is 0 Å². The average molecular weight is 305 g/mol. The molecule has 1 spiro atoms. The Hall–Kier alpha value is -1.87. The number of likely N-dealkylation sites (tertiary alicyclic amines) is 1. The molecule has 5 rings (SSSR count). The van der Waals surface area contributed by atoms with Gasteiger partial charge in [-0.05, 0) is 30.4 Å². The van der Waals surface area contributed by atoms with Gasteiger partial charge in [0.1, 0.15) is 5.82 Å². The Bertz CT molecular complexity index is 744. The molecule has 1 N–H and O–H groups in total. The summed E-state index contributed by atoms with van der Waals surface area (Å²) in [5.41, 5.74) is 3.39. The predicted molar refractivity (Wildman–Crippen MR) is 92.4 cm³/mol. The lowest BCUT2D eigenvalue weighted by Gasteiger charge is -2.63. The first-order valence-corrected chi connectivity index (χ1v) is 8.71. The van der Waals surface area contributed by atoms with Crippen LogP contribution in [0.5, 0.6) is 0 Å². The summed E-state index contributed by atoms with van der Waals surface area (Å²) in [6.45, 7) is 5.89. The van der Waals surface area contributed by atoms with Crippen LogP contribution in [0.25, 0.3) is 0 Å². The molecule has 23 heavy (non-hydrogen) atoms. The highest BCUT2D eigenvalue weighted by molar-refractivity contribution is 5.63. The largest absolute Gasteiger partial charge is 0.363 e. The van der Waals surface area contributed by atoms with Crippen molar-refractivity contribution in [3.05, 3.63) is 59.8 Å². The van der Waals surface area contributed by atoms with Crippen LogP contribution in [0.4, 0.5) is 5.82 Å². The van der Waals surface area contributed by atoms with Crippen LogP contribution in [0.3, 0.4) is 0 Å². The minimum atomic E-state index is 0.247. The number of hydrogen-bond donors (Lipinski definition) is 1. The molecule has 1 aliphatic carbocycles. The Balaban J connectivity index is 1.37. The minimum absolute atomic E-state index is 0.247. The second kappa shape index (κ2) is 4.57. The SMILES string of the molecule is C[C@@]12C[C@H]3CN(Cc4ccccc4)CC[C@]31Nc1ncccc12. The van der Waals surface area contributed by atoms with E-state index in [2.05, 4.69) is 64.6 Å². The molecule has 2 aliphatic heterocycles. The van der Waals surface area contributed by atoms with Crippen LogP contribution in [0.1, 0.15) is 30.9 Å². The third-order valence-electron chi connectivity index (χ3n) is 6.63. The summed E-state index contributed by atoms with van der Waals surface area (Å²) in [7, 11) is 0. The molecule has 0 amide bonds. The first-order chi connectivity index (χ1) is 11.2. The Morgan fingerprint density at radius 1 is 1.22 bits per heavy atom. The highest BCUT2D eigenvalue weighted by Gasteiger charge is 2.68. The zero-order chi connectivity index (χ0) is 15.5. The van der Waals surface area contributed by atoms with Crippen molar-refractivity contribution in [2.75, 3.05) is 18.4 Å². The van der Waals surface area contributed by atoms with Crippen LogP contribution in [0.15, 0.2) is 48.7 Å². The summed E-state index contributed by atoms with van der Waals surface area (Å²) in [5, 5.41) is 3.84. The fourth-order valence-corrected chi connectivity index (χ4v) is 5.41. The van der Waals surface area contributed by atoms with E-state index in [1.807, 2.05) is 6.20 Å². The molecule has 1 aromatic carbocycles. The normalized spacial score (nSPS) is 34.7. The summed E-state index contributed by atoms with van der Waals surface area (Å²) >= 11 is 0. The van der Waals surface area contributed by atoms with Crippen molar-refractivity contribution in [1.29, 1.82) is 0 Å². The first-order valence-electron chi connectivity index (χ1n) is 8.71. The number of nitrogens with one attached hydrogen (secondary N) is 1. The molecule has 118 valence electrons. The molecule has 3 heteroatoms. The van der Waals surface area contributed by atoms with Crippen molar-refractivity contribution in [1.82, 2.24) is 9.88 Å². The molecule has 1 aromatic heterocycles. The van der Waals surface area contributed by atoms with Gasteiger partial charge in [-0.1, -0.05) is 43.3 Å². The Morgan fingerprint density at radius 3 is 2.91 bits per heavy atom. The second-order valence-electron chi connectivity index (χ2n) is 7.70. The second-order valence-corrected chi connectivity index (χ2v) is 7.70. The molecule has 2 fully saturated rings. The monoisotopic (exact) mass is 305 g/mol. The lowest BCUT2D eigenvalue weighted by molar-refractivity contribution is -0.0362. The molecule has 3 aliphatic rings. The third kappa shape index (κ3) is 1.71. The molecule has 0 unspecified atom stereocenters. The highest BCUT2D eigenvalue weighted by atomic mass is 15.2. The number of rotatable bonds is 2. The van der Waals surface area contributed by atoms with Crippen LogP contribution >= 0.6 is 0 Å². The van der Waals surface area contributed by atoms with Crippen molar-refractivity contribution in [2.24, 2.45) is 5.92 Å². The Kier molecular flexibility index (Phi) is 2.70. The van der Waals surface area contributed by atoms with Gasteiger partial charge >= 0.3 is 0 Å². The van der Waals surface area contributed by atoms with Gasteiger partial charge in [-0.25, -0.2) is 4.98 Å². The fraction of sp³-hybridized carbons (Fsp3) is 0.450. The van der Waals surface area contributed by atoms with Crippen LogP contribution in [-0.2, 0) is 12.0 Å². The van der Waals surface area contributed by atoms with Gasteiger partial charge in [-0.3, -0.25) is 4.90 Å². The van der Waals surface area contributed by atoms with Crippen molar-refractivity contribution >= 4 is 5.82 Å². The quantitative estimate of drug-likeness (QED) is 0.921. The van der Waals surface area contributed by atoms with Crippen LogP contribution in [0, 0.1) is 5.92 Å². The summed E-state index contributed by atoms with van der Waals surface area (Å²) in [4.78, 5) is 7.22. The summed E-state index contributed by atoms with van der Waals surface area (Å²) in [6, 6.07) is 15.2. The van der Waals surface area contributed by atoms with E-state index in [-0.39, 0.29) is 11.0 Å². The van der Waals surface area contributed by atoms with Gasteiger partial charge in [0.2, 0.25) is 0 Å². The highest BCUT2D eigenvalue weighted by Crippen LogP contribution is 2.64. The van der Waals surface area contributed by atoms with E-state index >= 15 is 0 Å². The Labute approximate surface area is 137 Å². The predicted octanol–water partition coefficient (Wildman–Crippen LogP) is 3.43. The number of piperidine rings is 1. The number of nitrogens with zero attached hydrogens (tertiary/aromatic N) is 2. The molecular formula is C20H23N3. The molecule has 1 saturated carbocycles. The molecule has 2 aromatic rings.